The average Bonchev–Trinajstić information content (AvgIpc) is 2.84. The third kappa shape index (κ3) is 4.01. The average molecular weight is 293 g/mol. The van der Waals surface area contributed by atoms with Gasteiger partial charge < -0.3 is 4.52 Å². The summed E-state index contributed by atoms with van der Waals surface area (Å²) in [7, 11) is -3.58. The summed E-state index contributed by atoms with van der Waals surface area (Å²) in [6, 6.07) is 8.59. The summed E-state index contributed by atoms with van der Waals surface area (Å²) in [5.41, 5.74) is 0.805. The van der Waals surface area contributed by atoms with Crippen LogP contribution in [0.25, 0.3) is 6.08 Å². The van der Waals surface area contributed by atoms with Crippen LogP contribution in [0.4, 0.5) is 0 Å². The number of sulfonamides is 1. The molecular formula is C13H15N3O3S. The Morgan fingerprint density at radius 1 is 1.30 bits per heavy atom. The highest BCUT2D eigenvalue weighted by Gasteiger charge is 2.18. The molecule has 6 nitrogen and oxygen atoms in total. The van der Waals surface area contributed by atoms with Crippen LogP contribution in [-0.4, -0.2) is 18.6 Å². The van der Waals surface area contributed by atoms with Crippen LogP contribution in [0.1, 0.15) is 30.2 Å². The number of benzene rings is 1. The molecule has 0 fully saturated rings. The van der Waals surface area contributed by atoms with Gasteiger partial charge in [0.15, 0.2) is 5.82 Å². The third-order valence-electron chi connectivity index (χ3n) is 2.49. The van der Waals surface area contributed by atoms with Crippen molar-refractivity contribution in [1.82, 2.24) is 14.9 Å². The standard InChI is InChI=1S/C13H15N3O3S/c1-10(13-14-11(2)15-19-13)16-20(17,18)9-8-12-6-4-3-5-7-12/h3-10,16H,1-2H3/b9-8-/t10-/m1/s1. The van der Waals surface area contributed by atoms with Gasteiger partial charge in [0, 0.05) is 5.41 Å². The summed E-state index contributed by atoms with van der Waals surface area (Å²) < 4.78 is 31.2. The van der Waals surface area contributed by atoms with Crippen molar-refractivity contribution in [3.05, 3.63) is 53.0 Å². The number of nitrogens with one attached hydrogen (secondary N) is 1. The summed E-state index contributed by atoms with van der Waals surface area (Å²) in [5.74, 6) is 0.699. The second kappa shape index (κ2) is 5.98. The van der Waals surface area contributed by atoms with Crippen molar-refractivity contribution >= 4 is 16.1 Å². The highest BCUT2D eigenvalue weighted by Crippen LogP contribution is 2.11. The number of aryl methyl sites for hydroxylation is 1. The molecule has 20 heavy (non-hydrogen) atoms. The quantitative estimate of drug-likeness (QED) is 0.911. The number of rotatable bonds is 5. The Bertz CT molecular complexity index is 693. The van der Waals surface area contributed by atoms with E-state index in [0.29, 0.717) is 5.82 Å². The monoisotopic (exact) mass is 293 g/mol. The molecule has 0 saturated carbocycles. The molecule has 0 bridgehead atoms. The molecule has 106 valence electrons. The zero-order valence-electron chi connectivity index (χ0n) is 11.1. The minimum absolute atomic E-state index is 0.235. The maximum absolute atomic E-state index is 11.9. The van der Waals surface area contributed by atoms with Gasteiger partial charge in [-0.3, -0.25) is 0 Å². The molecule has 0 unspecified atom stereocenters. The van der Waals surface area contributed by atoms with Gasteiger partial charge >= 0.3 is 0 Å². The van der Waals surface area contributed by atoms with E-state index in [1.54, 1.807) is 13.8 Å². The van der Waals surface area contributed by atoms with Crippen molar-refractivity contribution in [1.29, 1.82) is 0 Å². The van der Waals surface area contributed by atoms with E-state index in [1.165, 1.54) is 6.08 Å². The molecule has 2 rings (SSSR count). The van der Waals surface area contributed by atoms with E-state index in [2.05, 4.69) is 14.9 Å². The van der Waals surface area contributed by atoms with E-state index < -0.39 is 16.1 Å². The highest BCUT2D eigenvalue weighted by molar-refractivity contribution is 7.92. The molecule has 0 spiro atoms. The molecule has 1 aromatic heterocycles. The highest BCUT2D eigenvalue weighted by atomic mass is 32.2. The first-order valence-electron chi connectivity index (χ1n) is 6.02. The third-order valence-corrected chi connectivity index (χ3v) is 3.67. The van der Waals surface area contributed by atoms with Crippen LogP contribution in [0.15, 0.2) is 40.3 Å². The molecule has 0 amide bonds. The van der Waals surface area contributed by atoms with Crippen LogP contribution in [0.2, 0.25) is 0 Å². The lowest BCUT2D eigenvalue weighted by atomic mass is 10.2. The van der Waals surface area contributed by atoms with E-state index >= 15 is 0 Å². The molecule has 0 aliphatic carbocycles. The van der Waals surface area contributed by atoms with Gasteiger partial charge in [-0.25, -0.2) is 8.42 Å². The second-order valence-electron chi connectivity index (χ2n) is 4.28. The summed E-state index contributed by atoms with van der Waals surface area (Å²) >= 11 is 0. The Labute approximate surface area is 117 Å². The van der Waals surface area contributed by atoms with Crippen molar-refractivity contribution in [2.24, 2.45) is 0 Å². The van der Waals surface area contributed by atoms with Gasteiger partial charge in [-0.1, -0.05) is 35.5 Å². The van der Waals surface area contributed by atoms with Gasteiger partial charge in [0.1, 0.15) is 0 Å². The first-order valence-corrected chi connectivity index (χ1v) is 7.56. The van der Waals surface area contributed by atoms with Crippen LogP contribution < -0.4 is 4.72 Å². The molecular weight excluding hydrogens is 278 g/mol. The maximum atomic E-state index is 11.9. The minimum Gasteiger partial charge on any atom is -0.338 e. The maximum Gasteiger partial charge on any atom is 0.244 e. The normalized spacial score (nSPS) is 13.7. The first kappa shape index (κ1) is 14.4. The fourth-order valence-electron chi connectivity index (χ4n) is 1.56. The number of aromatic nitrogens is 2. The number of hydrogen-bond acceptors (Lipinski definition) is 5. The molecule has 1 atom stereocenters. The smallest absolute Gasteiger partial charge is 0.244 e. The van der Waals surface area contributed by atoms with Gasteiger partial charge in [-0.05, 0) is 25.5 Å². The number of nitrogens with zero attached hydrogens (tertiary/aromatic N) is 2. The lowest BCUT2D eigenvalue weighted by Gasteiger charge is -2.07. The Kier molecular flexibility index (Phi) is 4.31. The lowest BCUT2D eigenvalue weighted by molar-refractivity contribution is 0.351. The lowest BCUT2D eigenvalue weighted by Crippen LogP contribution is -2.25. The zero-order chi connectivity index (χ0) is 14.6. The van der Waals surface area contributed by atoms with Crippen LogP contribution in [-0.2, 0) is 10.0 Å². The van der Waals surface area contributed by atoms with E-state index in [-0.39, 0.29) is 5.89 Å². The fourth-order valence-corrected chi connectivity index (χ4v) is 2.57. The van der Waals surface area contributed by atoms with Crippen LogP contribution >= 0.6 is 0 Å². The Balaban J connectivity index is 2.06. The predicted molar refractivity (Wildman–Crippen MR) is 75.0 cm³/mol. The van der Waals surface area contributed by atoms with Gasteiger partial charge in [0.25, 0.3) is 0 Å². The van der Waals surface area contributed by atoms with Crippen LogP contribution in [0.5, 0.6) is 0 Å². The van der Waals surface area contributed by atoms with Gasteiger partial charge in [0.05, 0.1) is 6.04 Å². The molecule has 0 aliphatic heterocycles. The summed E-state index contributed by atoms with van der Waals surface area (Å²) in [4.78, 5) is 3.98. The predicted octanol–water partition coefficient (Wildman–Crippen LogP) is 2.03. The zero-order valence-corrected chi connectivity index (χ0v) is 12.0. The second-order valence-corrected chi connectivity index (χ2v) is 5.88. The minimum atomic E-state index is -3.58. The molecule has 0 radical (unpaired) electrons. The number of hydrogen-bond donors (Lipinski definition) is 1. The van der Waals surface area contributed by atoms with Crippen molar-refractivity contribution in [2.75, 3.05) is 0 Å². The molecule has 0 aliphatic rings. The van der Waals surface area contributed by atoms with Crippen LogP contribution in [0.3, 0.4) is 0 Å². The molecule has 1 N–H and O–H groups in total. The van der Waals surface area contributed by atoms with Crippen LogP contribution in [0, 0.1) is 6.92 Å². The summed E-state index contributed by atoms with van der Waals surface area (Å²) in [5, 5.41) is 4.74. The molecule has 7 heteroatoms. The fraction of sp³-hybridized carbons (Fsp3) is 0.231. The van der Waals surface area contributed by atoms with Crippen molar-refractivity contribution < 1.29 is 12.9 Å². The largest absolute Gasteiger partial charge is 0.338 e. The SMILES string of the molecule is Cc1noc([C@@H](C)NS(=O)(=O)/C=C\c2ccccc2)n1. The Hall–Kier alpha value is -1.99. The Morgan fingerprint density at radius 3 is 2.60 bits per heavy atom. The van der Waals surface area contributed by atoms with Crippen molar-refractivity contribution in [3.8, 4) is 0 Å². The molecule has 1 aromatic carbocycles. The van der Waals surface area contributed by atoms with E-state index in [1.807, 2.05) is 30.3 Å². The summed E-state index contributed by atoms with van der Waals surface area (Å²) in [6.45, 7) is 3.31. The summed E-state index contributed by atoms with van der Waals surface area (Å²) in [6.07, 6.45) is 1.52. The van der Waals surface area contributed by atoms with Crippen molar-refractivity contribution in [2.45, 2.75) is 19.9 Å². The topological polar surface area (TPSA) is 85.1 Å². The van der Waals surface area contributed by atoms with Gasteiger partial charge in [-0.2, -0.15) is 9.71 Å². The van der Waals surface area contributed by atoms with Gasteiger partial charge in [0.2, 0.25) is 15.9 Å². The molecule has 2 aromatic rings. The van der Waals surface area contributed by atoms with E-state index in [0.717, 1.165) is 11.0 Å². The molecule has 0 saturated heterocycles. The molecule has 1 heterocycles. The Morgan fingerprint density at radius 2 is 2.00 bits per heavy atom. The van der Waals surface area contributed by atoms with E-state index in [4.69, 9.17) is 4.52 Å². The first-order chi connectivity index (χ1) is 9.46. The van der Waals surface area contributed by atoms with E-state index in [9.17, 15) is 8.42 Å². The van der Waals surface area contributed by atoms with Gasteiger partial charge in [-0.15, -0.1) is 0 Å². The van der Waals surface area contributed by atoms with Crippen molar-refractivity contribution in [3.63, 3.8) is 0 Å².